The normalized spacial score (nSPS) is 16.2. The number of hydrogen-bond acceptors (Lipinski definition) is 3. The molecule has 1 amide bonds. The summed E-state index contributed by atoms with van der Waals surface area (Å²) in [5, 5.41) is 0. The molecule has 1 aromatic carbocycles. The van der Waals surface area contributed by atoms with Crippen molar-refractivity contribution in [3.63, 3.8) is 0 Å². The maximum Gasteiger partial charge on any atom is 0.573 e. The zero-order chi connectivity index (χ0) is 15.3. The Hall–Kier alpha value is -2.02. The van der Waals surface area contributed by atoms with Crippen molar-refractivity contribution in [1.29, 1.82) is 0 Å². The largest absolute Gasteiger partial charge is 0.573 e. The number of carbonyl (C=O) groups excluding carboxylic acids is 1. The van der Waals surface area contributed by atoms with Crippen LogP contribution in [0.4, 0.5) is 13.2 Å². The third-order valence-electron chi connectivity index (χ3n) is 2.85. The molecular weight excluding hydrogens is 287 g/mol. The van der Waals surface area contributed by atoms with E-state index in [0.717, 1.165) is 0 Å². The van der Waals surface area contributed by atoms with Crippen LogP contribution >= 0.6 is 0 Å². The van der Waals surface area contributed by atoms with Crippen LogP contribution in [0.15, 0.2) is 30.3 Å². The van der Waals surface area contributed by atoms with Gasteiger partial charge in [-0.2, -0.15) is 0 Å². The van der Waals surface area contributed by atoms with Gasteiger partial charge in [0.05, 0.1) is 13.2 Å². The van der Waals surface area contributed by atoms with Gasteiger partial charge in [-0.25, -0.2) is 0 Å². The molecule has 4 nitrogen and oxygen atoms in total. The van der Waals surface area contributed by atoms with E-state index in [9.17, 15) is 18.0 Å². The van der Waals surface area contributed by atoms with E-state index in [1.807, 2.05) is 0 Å². The number of carbonyl (C=O) groups is 1. The smallest absolute Gasteiger partial charge is 0.406 e. The number of halogens is 3. The first-order chi connectivity index (χ1) is 9.94. The van der Waals surface area contributed by atoms with Gasteiger partial charge in [-0.15, -0.1) is 13.2 Å². The van der Waals surface area contributed by atoms with Gasteiger partial charge in [0.15, 0.2) is 0 Å². The third kappa shape index (κ3) is 5.11. The van der Waals surface area contributed by atoms with Crippen LogP contribution in [0.5, 0.6) is 5.75 Å². The maximum atomic E-state index is 12.0. The topological polar surface area (TPSA) is 38.8 Å². The van der Waals surface area contributed by atoms with E-state index in [1.165, 1.54) is 30.3 Å². The summed E-state index contributed by atoms with van der Waals surface area (Å²) in [5.41, 5.74) is 0.617. The Balaban J connectivity index is 1.93. The summed E-state index contributed by atoms with van der Waals surface area (Å²) in [6.07, 6.45) is -1.76. The van der Waals surface area contributed by atoms with Crippen LogP contribution in [0.25, 0.3) is 6.08 Å². The number of nitrogens with zero attached hydrogens (tertiary/aromatic N) is 1. The Morgan fingerprint density at radius 3 is 2.38 bits per heavy atom. The Kier molecular flexibility index (Phi) is 4.85. The molecule has 1 saturated heterocycles. The van der Waals surface area contributed by atoms with Crippen LogP contribution < -0.4 is 4.74 Å². The SMILES string of the molecule is O=C(/C=C/c1ccc(OC(F)(F)F)cc1)N1CCOCC1. The molecule has 0 N–H and O–H groups in total. The highest BCUT2D eigenvalue weighted by atomic mass is 19.4. The highest BCUT2D eigenvalue weighted by Crippen LogP contribution is 2.22. The van der Waals surface area contributed by atoms with Gasteiger partial charge in [0.2, 0.25) is 5.91 Å². The second kappa shape index (κ2) is 6.62. The molecule has 1 aliphatic heterocycles. The molecule has 7 heteroatoms. The van der Waals surface area contributed by atoms with Crippen LogP contribution in [-0.4, -0.2) is 43.5 Å². The first-order valence-corrected chi connectivity index (χ1v) is 6.34. The number of ether oxygens (including phenoxy) is 2. The van der Waals surface area contributed by atoms with Crippen LogP contribution in [0, 0.1) is 0 Å². The van der Waals surface area contributed by atoms with Crippen LogP contribution in [0.1, 0.15) is 5.56 Å². The molecule has 1 fully saturated rings. The average molecular weight is 301 g/mol. The van der Waals surface area contributed by atoms with Crippen molar-refractivity contribution in [2.24, 2.45) is 0 Å². The van der Waals surface area contributed by atoms with Crippen molar-refractivity contribution in [3.8, 4) is 5.75 Å². The third-order valence-corrected chi connectivity index (χ3v) is 2.85. The Labute approximate surface area is 119 Å². The number of rotatable bonds is 3. The van der Waals surface area contributed by atoms with Gasteiger partial charge in [-0.05, 0) is 23.8 Å². The van der Waals surface area contributed by atoms with Crippen molar-refractivity contribution < 1.29 is 27.4 Å². The number of hydrogen-bond donors (Lipinski definition) is 0. The monoisotopic (exact) mass is 301 g/mol. The van der Waals surface area contributed by atoms with E-state index in [4.69, 9.17) is 4.74 Å². The fourth-order valence-corrected chi connectivity index (χ4v) is 1.84. The molecule has 114 valence electrons. The van der Waals surface area contributed by atoms with Crippen molar-refractivity contribution in [3.05, 3.63) is 35.9 Å². The second-order valence-electron chi connectivity index (χ2n) is 4.39. The van der Waals surface area contributed by atoms with Crippen molar-refractivity contribution >= 4 is 12.0 Å². The molecule has 0 unspecified atom stereocenters. The first-order valence-electron chi connectivity index (χ1n) is 6.34. The molecule has 0 atom stereocenters. The van der Waals surface area contributed by atoms with E-state index in [-0.39, 0.29) is 11.7 Å². The first kappa shape index (κ1) is 15.4. The summed E-state index contributed by atoms with van der Waals surface area (Å²) in [4.78, 5) is 13.5. The lowest BCUT2D eigenvalue weighted by Gasteiger charge is -2.25. The number of benzene rings is 1. The molecule has 0 bridgehead atoms. The highest BCUT2D eigenvalue weighted by Gasteiger charge is 2.30. The quantitative estimate of drug-likeness (QED) is 0.805. The van der Waals surface area contributed by atoms with E-state index < -0.39 is 6.36 Å². The summed E-state index contributed by atoms with van der Waals surface area (Å²) in [7, 11) is 0. The summed E-state index contributed by atoms with van der Waals surface area (Å²) >= 11 is 0. The zero-order valence-electron chi connectivity index (χ0n) is 11.1. The highest BCUT2D eigenvalue weighted by molar-refractivity contribution is 5.91. The summed E-state index contributed by atoms with van der Waals surface area (Å²) in [6.45, 7) is 2.12. The van der Waals surface area contributed by atoms with Gasteiger partial charge < -0.3 is 14.4 Å². The van der Waals surface area contributed by atoms with Crippen molar-refractivity contribution in [1.82, 2.24) is 4.90 Å². The second-order valence-corrected chi connectivity index (χ2v) is 4.39. The molecule has 21 heavy (non-hydrogen) atoms. The lowest BCUT2D eigenvalue weighted by atomic mass is 10.2. The summed E-state index contributed by atoms with van der Waals surface area (Å²) in [5.74, 6) is -0.437. The molecule has 2 rings (SSSR count). The van der Waals surface area contributed by atoms with E-state index in [0.29, 0.717) is 31.9 Å². The van der Waals surface area contributed by atoms with Crippen molar-refractivity contribution in [2.75, 3.05) is 26.3 Å². The van der Waals surface area contributed by atoms with Gasteiger partial charge in [-0.3, -0.25) is 4.79 Å². The Bertz CT molecular complexity index is 505. The van der Waals surface area contributed by atoms with Gasteiger partial charge in [-0.1, -0.05) is 12.1 Å². The number of morpholine rings is 1. The maximum absolute atomic E-state index is 12.0. The van der Waals surface area contributed by atoms with Crippen LogP contribution in [-0.2, 0) is 9.53 Å². The minimum absolute atomic E-state index is 0.145. The van der Waals surface area contributed by atoms with Gasteiger partial charge >= 0.3 is 6.36 Å². The van der Waals surface area contributed by atoms with Gasteiger partial charge in [0.25, 0.3) is 0 Å². The summed E-state index contributed by atoms with van der Waals surface area (Å²) < 4.78 is 44.9. The fraction of sp³-hybridized carbons (Fsp3) is 0.357. The van der Waals surface area contributed by atoms with Crippen LogP contribution in [0.3, 0.4) is 0 Å². The van der Waals surface area contributed by atoms with E-state index in [2.05, 4.69) is 4.74 Å². The standard InChI is InChI=1S/C14H14F3NO3/c15-14(16,17)21-12-4-1-11(2-5-12)3-6-13(19)18-7-9-20-10-8-18/h1-6H,7-10H2/b6-3+. The fourth-order valence-electron chi connectivity index (χ4n) is 1.84. The number of amides is 1. The molecule has 0 aliphatic carbocycles. The van der Waals surface area contributed by atoms with E-state index in [1.54, 1.807) is 11.0 Å². The lowest BCUT2D eigenvalue weighted by Crippen LogP contribution is -2.39. The predicted octanol–water partition coefficient (Wildman–Crippen LogP) is 2.46. The average Bonchev–Trinajstić information content (AvgIpc) is 2.45. The Morgan fingerprint density at radius 1 is 1.19 bits per heavy atom. The molecule has 0 spiro atoms. The molecule has 0 radical (unpaired) electrons. The number of alkyl halides is 3. The summed E-state index contributed by atoms with van der Waals surface area (Å²) in [6, 6.07) is 5.30. The van der Waals surface area contributed by atoms with Crippen LogP contribution in [0.2, 0.25) is 0 Å². The molecule has 1 aliphatic rings. The molecule has 0 aromatic heterocycles. The molecular formula is C14H14F3NO3. The Morgan fingerprint density at radius 2 is 1.81 bits per heavy atom. The minimum Gasteiger partial charge on any atom is -0.406 e. The lowest BCUT2D eigenvalue weighted by molar-refractivity contribution is -0.274. The molecule has 1 heterocycles. The van der Waals surface area contributed by atoms with Crippen molar-refractivity contribution in [2.45, 2.75) is 6.36 Å². The van der Waals surface area contributed by atoms with E-state index >= 15 is 0 Å². The minimum atomic E-state index is -4.70. The molecule has 1 aromatic rings. The predicted molar refractivity (Wildman–Crippen MR) is 69.6 cm³/mol. The van der Waals surface area contributed by atoms with Gasteiger partial charge in [0, 0.05) is 19.2 Å². The molecule has 0 saturated carbocycles. The zero-order valence-corrected chi connectivity index (χ0v) is 11.1. The van der Waals surface area contributed by atoms with Gasteiger partial charge in [0.1, 0.15) is 5.75 Å².